The van der Waals surface area contributed by atoms with Gasteiger partial charge in [-0.15, -0.1) is 24.8 Å². The van der Waals surface area contributed by atoms with Crippen molar-refractivity contribution in [2.24, 2.45) is 0 Å². The summed E-state index contributed by atoms with van der Waals surface area (Å²) < 4.78 is 32.2. The first-order valence-corrected chi connectivity index (χ1v) is 12.0. The summed E-state index contributed by atoms with van der Waals surface area (Å²) in [5.41, 5.74) is 3.34. The van der Waals surface area contributed by atoms with Gasteiger partial charge >= 0.3 is 0 Å². The lowest BCUT2D eigenvalue weighted by Gasteiger charge is -2.33. The molecule has 1 heterocycles. The second-order valence-corrected chi connectivity index (χ2v) is 9.33. The molecule has 0 saturated carbocycles. The molecule has 0 bridgehead atoms. The zero-order valence-electron chi connectivity index (χ0n) is 18.0. The predicted octanol–water partition coefficient (Wildman–Crippen LogP) is 3.01. The Hall–Kier alpha value is -1.35. The number of benzene rings is 2. The molecular weight excluding hydrogens is 457 g/mol. The van der Waals surface area contributed by atoms with Gasteiger partial charge in [0.1, 0.15) is 12.4 Å². The molecule has 0 aromatic heterocycles. The first kappa shape index (κ1) is 27.7. The first-order chi connectivity index (χ1) is 14.0. The van der Waals surface area contributed by atoms with Crippen LogP contribution in [0.25, 0.3) is 11.1 Å². The molecule has 1 aliphatic rings. The van der Waals surface area contributed by atoms with E-state index >= 15 is 0 Å². The third kappa shape index (κ3) is 8.60. The summed E-state index contributed by atoms with van der Waals surface area (Å²) in [6.07, 6.45) is 3.82. The minimum atomic E-state index is -3.23. The number of hydrogen-bond donors (Lipinski definition) is 3. The van der Waals surface area contributed by atoms with Crippen LogP contribution in [-0.2, 0) is 16.4 Å². The van der Waals surface area contributed by atoms with Gasteiger partial charge in [0.05, 0.1) is 6.26 Å². The Kier molecular flexibility index (Phi) is 11.8. The van der Waals surface area contributed by atoms with Crippen molar-refractivity contribution in [1.29, 1.82) is 0 Å². The van der Waals surface area contributed by atoms with E-state index in [2.05, 4.69) is 45.7 Å². The Labute approximate surface area is 198 Å². The highest BCUT2D eigenvalue weighted by Crippen LogP contribution is 2.30. The lowest BCUT2D eigenvalue weighted by atomic mass is 9.92. The Morgan fingerprint density at radius 3 is 2.65 bits per heavy atom. The molecule has 9 heteroatoms. The second-order valence-electron chi connectivity index (χ2n) is 7.55. The van der Waals surface area contributed by atoms with Crippen LogP contribution in [0.15, 0.2) is 48.5 Å². The maximum absolute atomic E-state index is 11.7. The largest absolute Gasteiger partial charge is 0.492 e. The van der Waals surface area contributed by atoms with Gasteiger partial charge in [0.25, 0.3) is 0 Å². The van der Waals surface area contributed by atoms with Crippen molar-refractivity contribution in [2.75, 3.05) is 33.0 Å². The van der Waals surface area contributed by atoms with Crippen molar-refractivity contribution in [3.05, 3.63) is 54.1 Å². The molecule has 6 nitrogen and oxygen atoms in total. The molecule has 1 aliphatic heterocycles. The highest BCUT2D eigenvalue weighted by Gasteiger charge is 2.27. The van der Waals surface area contributed by atoms with Crippen molar-refractivity contribution in [2.45, 2.75) is 31.3 Å². The summed E-state index contributed by atoms with van der Waals surface area (Å²) in [5, 5.41) is 6.58. The Bertz CT molecular complexity index is 912. The van der Waals surface area contributed by atoms with Gasteiger partial charge in [-0.2, -0.15) is 0 Å². The first-order valence-electron chi connectivity index (χ1n) is 10.1. The van der Waals surface area contributed by atoms with Gasteiger partial charge in [0, 0.05) is 24.2 Å². The van der Waals surface area contributed by atoms with Crippen LogP contribution in [0.1, 0.15) is 18.4 Å². The zero-order valence-corrected chi connectivity index (χ0v) is 20.4. The molecule has 0 radical (unpaired) electrons. The van der Waals surface area contributed by atoms with Crippen LogP contribution in [0.5, 0.6) is 5.75 Å². The summed E-state index contributed by atoms with van der Waals surface area (Å²) in [6.45, 7) is 2.31. The van der Waals surface area contributed by atoms with Crippen molar-refractivity contribution in [1.82, 2.24) is 15.4 Å². The number of hydrogen-bond acceptors (Lipinski definition) is 5. The van der Waals surface area contributed by atoms with Crippen LogP contribution < -0.4 is 20.1 Å². The van der Waals surface area contributed by atoms with E-state index in [0.717, 1.165) is 49.2 Å². The van der Waals surface area contributed by atoms with Crippen molar-refractivity contribution < 1.29 is 13.2 Å². The van der Waals surface area contributed by atoms with Gasteiger partial charge < -0.3 is 15.4 Å². The van der Waals surface area contributed by atoms with Crippen LogP contribution in [0.2, 0.25) is 0 Å². The number of halogens is 2. The lowest BCUT2D eigenvalue weighted by Crippen LogP contribution is -2.54. The van der Waals surface area contributed by atoms with Crippen molar-refractivity contribution >= 4 is 34.8 Å². The monoisotopic (exact) mass is 489 g/mol. The van der Waals surface area contributed by atoms with E-state index in [1.807, 2.05) is 25.2 Å². The number of sulfonamides is 1. The Morgan fingerprint density at radius 1 is 1.13 bits per heavy atom. The maximum Gasteiger partial charge on any atom is 0.209 e. The van der Waals surface area contributed by atoms with E-state index in [-0.39, 0.29) is 36.9 Å². The second kappa shape index (κ2) is 13.3. The fourth-order valence-electron chi connectivity index (χ4n) is 3.80. The zero-order chi connectivity index (χ0) is 20.7. The smallest absolute Gasteiger partial charge is 0.209 e. The number of para-hydroxylation sites is 1. The van der Waals surface area contributed by atoms with Gasteiger partial charge in [0.2, 0.25) is 10.0 Å². The highest BCUT2D eigenvalue weighted by atomic mass is 35.5. The van der Waals surface area contributed by atoms with E-state index in [9.17, 15) is 8.42 Å². The van der Waals surface area contributed by atoms with Crippen LogP contribution in [0.3, 0.4) is 0 Å². The summed E-state index contributed by atoms with van der Waals surface area (Å²) in [6, 6.07) is 16.5. The molecule has 2 unspecified atom stereocenters. The third-order valence-electron chi connectivity index (χ3n) is 5.14. The highest BCUT2D eigenvalue weighted by molar-refractivity contribution is 7.88. The Morgan fingerprint density at radius 2 is 1.90 bits per heavy atom. The third-order valence-corrected chi connectivity index (χ3v) is 5.87. The molecule has 0 spiro atoms. The van der Waals surface area contributed by atoms with Crippen LogP contribution in [0.4, 0.5) is 0 Å². The van der Waals surface area contributed by atoms with E-state index < -0.39 is 10.0 Å². The topological polar surface area (TPSA) is 79.5 Å². The molecule has 3 N–H and O–H groups in total. The molecule has 2 atom stereocenters. The quantitative estimate of drug-likeness (QED) is 0.471. The van der Waals surface area contributed by atoms with Gasteiger partial charge in [-0.1, -0.05) is 42.5 Å². The van der Waals surface area contributed by atoms with E-state index in [4.69, 9.17) is 4.74 Å². The fourth-order valence-corrected chi connectivity index (χ4v) is 4.63. The molecule has 1 saturated heterocycles. The maximum atomic E-state index is 11.7. The molecule has 174 valence electrons. The van der Waals surface area contributed by atoms with Gasteiger partial charge in [0.15, 0.2) is 0 Å². The van der Waals surface area contributed by atoms with Gasteiger partial charge in [-0.25, -0.2) is 13.1 Å². The normalized spacial score (nSPS) is 18.5. The standard InChI is InChI=1S/C22H31N3O3S.2ClH/c1-23-13-14-28-22-11-4-3-9-19(22)18-8-5-7-17(15-18)16-21-20(10-6-12-24-21)25-29(2,26)27;;/h3-5,7-9,11,15,20-21,23-25H,6,10,12-14,16H2,1-2H3;2*1H. The minimum Gasteiger partial charge on any atom is -0.492 e. The molecule has 0 amide bonds. The van der Waals surface area contributed by atoms with E-state index in [0.29, 0.717) is 6.61 Å². The molecule has 2 aromatic carbocycles. The molecule has 31 heavy (non-hydrogen) atoms. The number of ether oxygens (including phenoxy) is 1. The Balaban J connectivity index is 0.00000240. The SMILES string of the molecule is CNCCOc1ccccc1-c1cccc(CC2NCCCC2NS(C)(=O)=O)c1.Cl.Cl. The number of rotatable bonds is 9. The lowest BCUT2D eigenvalue weighted by molar-refractivity contribution is 0.319. The average Bonchev–Trinajstić information content (AvgIpc) is 2.69. The molecule has 3 rings (SSSR count). The van der Waals surface area contributed by atoms with E-state index in [1.165, 1.54) is 11.8 Å². The molecule has 2 aromatic rings. The summed E-state index contributed by atoms with van der Waals surface area (Å²) >= 11 is 0. The molecule has 0 aliphatic carbocycles. The van der Waals surface area contributed by atoms with Crippen molar-refractivity contribution in [3.8, 4) is 16.9 Å². The summed E-state index contributed by atoms with van der Waals surface area (Å²) in [7, 11) is -1.32. The van der Waals surface area contributed by atoms with Crippen molar-refractivity contribution in [3.63, 3.8) is 0 Å². The fraction of sp³-hybridized carbons (Fsp3) is 0.455. The van der Waals surface area contributed by atoms with Crippen LogP contribution in [0, 0.1) is 0 Å². The number of likely N-dealkylation sites (N-methyl/N-ethyl adjacent to an activating group) is 1. The summed E-state index contributed by atoms with van der Waals surface area (Å²) in [5.74, 6) is 0.868. The minimum absolute atomic E-state index is 0. The van der Waals surface area contributed by atoms with Gasteiger partial charge in [-0.3, -0.25) is 0 Å². The van der Waals surface area contributed by atoms with Gasteiger partial charge in [-0.05, 0) is 50.0 Å². The number of nitrogens with one attached hydrogen (secondary N) is 3. The molecular formula is C22H33Cl2N3O3S. The van der Waals surface area contributed by atoms with Crippen LogP contribution in [-0.4, -0.2) is 53.5 Å². The van der Waals surface area contributed by atoms with Crippen LogP contribution >= 0.6 is 24.8 Å². The average molecular weight is 490 g/mol. The summed E-state index contributed by atoms with van der Waals surface area (Å²) in [4.78, 5) is 0. The molecule has 1 fully saturated rings. The number of piperidine rings is 1. The predicted molar refractivity (Wildman–Crippen MR) is 132 cm³/mol. The van der Waals surface area contributed by atoms with E-state index in [1.54, 1.807) is 0 Å².